The van der Waals surface area contributed by atoms with Crippen molar-refractivity contribution in [3.05, 3.63) is 96.1 Å². The van der Waals surface area contributed by atoms with Gasteiger partial charge < -0.3 is 9.84 Å². The minimum Gasteiger partial charge on any atom is -0.481 e. The zero-order valence-corrected chi connectivity index (χ0v) is 12.4. The monoisotopic (exact) mass is 304 g/mol. The van der Waals surface area contributed by atoms with Crippen molar-refractivity contribution in [3.8, 4) is 11.5 Å². The second-order valence-corrected chi connectivity index (χ2v) is 5.17. The third-order valence-corrected chi connectivity index (χ3v) is 3.55. The van der Waals surface area contributed by atoms with Crippen molar-refractivity contribution in [1.29, 1.82) is 0 Å². The molecule has 0 aliphatic heterocycles. The fraction of sp³-hybridized carbons (Fsp3) is 0.0500. The third-order valence-electron chi connectivity index (χ3n) is 3.55. The Bertz CT molecular complexity index is 782. The van der Waals surface area contributed by atoms with Gasteiger partial charge in [0.05, 0.1) is 0 Å². The lowest BCUT2D eigenvalue weighted by Gasteiger charge is -2.14. The summed E-state index contributed by atoms with van der Waals surface area (Å²) >= 11 is 0. The van der Waals surface area contributed by atoms with E-state index < -0.39 is 11.9 Å². The van der Waals surface area contributed by atoms with Crippen molar-refractivity contribution >= 4 is 5.97 Å². The van der Waals surface area contributed by atoms with Crippen molar-refractivity contribution in [2.24, 2.45) is 0 Å². The summed E-state index contributed by atoms with van der Waals surface area (Å²) < 4.78 is 5.79. The lowest BCUT2D eigenvalue weighted by molar-refractivity contribution is -0.137. The molecule has 1 atom stereocenters. The molecule has 0 heterocycles. The van der Waals surface area contributed by atoms with Gasteiger partial charge in [0, 0.05) is 0 Å². The maximum atomic E-state index is 11.7. The molecule has 3 heteroatoms. The highest BCUT2D eigenvalue weighted by atomic mass is 16.5. The van der Waals surface area contributed by atoms with E-state index in [1.54, 1.807) is 6.07 Å². The molecule has 0 bridgehead atoms. The molecule has 1 unspecified atom stereocenters. The molecule has 0 aliphatic rings. The third kappa shape index (κ3) is 3.58. The van der Waals surface area contributed by atoms with Crippen molar-refractivity contribution in [2.75, 3.05) is 0 Å². The van der Waals surface area contributed by atoms with Crippen molar-refractivity contribution < 1.29 is 14.6 Å². The largest absolute Gasteiger partial charge is 0.481 e. The topological polar surface area (TPSA) is 46.5 Å². The highest BCUT2D eigenvalue weighted by Gasteiger charge is 2.22. The van der Waals surface area contributed by atoms with Crippen molar-refractivity contribution in [2.45, 2.75) is 5.92 Å². The molecule has 0 radical (unpaired) electrons. The summed E-state index contributed by atoms with van der Waals surface area (Å²) in [6.45, 7) is 0. The Morgan fingerprint density at radius 1 is 0.739 bits per heavy atom. The lowest BCUT2D eigenvalue weighted by atomic mass is 9.91. The fourth-order valence-electron chi connectivity index (χ4n) is 2.51. The van der Waals surface area contributed by atoms with Gasteiger partial charge in [0.2, 0.25) is 0 Å². The second kappa shape index (κ2) is 6.79. The van der Waals surface area contributed by atoms with E-state index in [9.17, 15) is 9.90 Å². The minimum atomic E-state index is -0.881. The normalized spacial score (nSPS) is 11.7. The molecule has 0 saturated carbocycles. The number of carboxylic acids is 1. The van der Waals surface area contributed by atoms with Crippen molar-refractivity contribution in [1.82, 2.24) is 0 Å². The average Bonchev–Trinajstić information content (AvgIpc) is 2.57. The molecule has 114 valence electrons. The van der Waals surface area contributed by atoms with Crippen LogP contribution in [0.15, 0.2) is 84.9 Å². The number of hydrogen-bond acceptors (Lipinski definition) is 2. The summed E-state index contributed by atoms with van der Waals surface area (Å²) in [5, 5.41) is 9.62. The van der Waals surface area contributed by atoms with Crippen LogP contribution in [0.25, 0.3) is 0 Å². The van der Waals surface area contributed by atoms with Crippen LogP contribution in [0.3, 0.4) is 0 Å². The lowest BCUT2D eigenvalue weighted by Crippen LogP contribution is -2.13. The van der Waals surface area contributed by atoms with Crippen LogP contribution in [-0.4, -0.2) is 11.1 Å². The van der Waals surface area contributed by atoms with Crippen LogP contribution < -0.4 is 4.74 Å². The van der Waals surface area contributed by atoms with Crippen LogP contribution in [0.2, 0.25) is 0 Å². The van der Waals surface area contributed by atoms with E-state index in [-0.39, 0.29) is 0 Å². The first-order chi connectivity index (χ1) is 11.2. The molecule has 3 aromatic carbocycles. The molecule has 3 nitrogen and oxygen atoms in total. The number of carbonyl (C=O) groups is 1. The van der Waals surface area contributed by atoms with Crippen molar-refractivity contribution in [3.63, 3.8) is 0 Å². The summed E-state index contributed by atoms with van der Waals surface area (Å²) in [6.07, 6.45) is 0. The molecule has 1 N–H and O–H groups in total. The number of hydrogen-bond donors (Lipinski definition) is 1. The van der Waals surface area contributed by atoms with Crippen LogP contribution in [0, 0.1) is 0 Å². The van der Waals surface area contributed by atoms with Gasteiger partial charge in [-0.1, -0.05) is 60.7 Å². The number of ether oxygens (including phenoxy) is 1. The van der Waals surface area contributed by atoms with Crippen LogP contribution >= 0.6 is 0 Å². The molecular formula is C20H16O3. The molecule has 0 fully saturated rings. The summed E-state index contributed by atoms with van der Waals surface area (Å²) in [5.74, 6) is -0.254. The Hall–Kier alpha value is -3.07. The van der Waals surface area contributed by atoms with Gasteiger partial charge in [0.1, 0.15) is 17.4 Å². The maximum Gasteiger partial charge on any atom is 0.315 e. The summed E-state index contributed by atoms with van der Waals surface area (Å²) in [4.78, 5) is 11.7. The molecule has 23 heavy (non-hydrogen) atoms. The Morgan fingerprint density at radius 2 is 1.30 bits per heavy atom. The predicted octanol–water partition coefficient (Wildman–Crippen LogP) is 4.70. The number of rotatable bonds is 5. The Balaban J connectivity index is 1.92. The number of carboxylic acid groups (broad SMARTS) is 1. The van der Waals surface area contributed by atoms with Crippen LogP contribution in [0.1, 0.15) is 17.0 Å². The van der Waals surface area contributed by atoms with Gasteiger partial charge in [-0.05, 0) is 35.4 Å². The molecule has 0 spiro atoms. The zero-order valence-electron chi connectivity index (χ0n) is 12.4. The van der Waals surface area contributed by atoms with Gasteiger partial charge in [0.15, 0.2) is 0 Å². The van der Waals surface area contributed by atoms with E-state index in [2.05, 4.69) is 0 Å². The van der Waals surface area contributed by atoms with Gasteiger partial charge in [-0.25, -0.2) is 0 Å². The Kier molecular flexibility index (Phi) is 4.39. The zero-order chi connectivity index (χ0) is 16.1. The van der Waals surface area contributed by atoms with E-state index in [0.29, 0.717) is 11.3 Å². The molecule has 0 aliphatic carbocycles. The summed E-state index contributed by atoms with van der Waals surface area (Å²) in [7, 11) is 0. The highest BCUT2D eigenvalue weighted by molar-refractivity contribution is 5.80. The number of aliphatic carboxylic acids is 1. The van der Waals surface area contributed by atoms with Gasteiger partial charge >= 0.3 is 5.97 Å². The van der Waals surface area contributed by atoms with Crippen LogP contribution in [0.5, 0.6) is 11.5 Å². The van der Waals surface area contributed by atoms with E-state index >= 15 is 0 Å². The van der Waals surface area contributed by atoms with Crippen LogP contribution in [-0.2, 0) is 4.79 Å². The molecule has 0 saturated heterocycles. The quantitative estimate of drug-likeness (QED) is 0.743. The van der Waals surface area contributed by atoms with Gasteiger partial charge in [-0.3, -0.25) is 4.79 Å². The molecule has 3 rings (SSSR count). The molecule has 0 aromatic heterocycles. The second-order valence-electron chi connectivity index (χ2n) is 5.17. The predicted molar refractivity (Wildman–Crippen MR) is 88.9 cm³/mol. The smallest absolute Gasteiger partial charge is 0.315 e. The van der Waals surface area contributed by atoms with E-state index in [1.165, 1.54) is 0 Å². The standard InChI is InChI=1S/C20H16O3/c21-20(22)19(15-8-3-1-4-9-15)16-10-7-13-18(14-16)23-17-11-5-2-6-12-17/h1-14,19H,(H,21,22). The summed E-state index contributed by atoms with van der Waals surface area (Å²) in [5.41, 5.74) is 1.44. The van der Waals surface area contributed by atoms with Crippen LogP contribution in [0.4, 0.5) is 0 Å². The summed E-state index contributed by atoms with van der Waals surface area (Å²) in [6, 6.07) is 25.8. The number of benzene rings is 3. The fourth-order valence-corrected chi connectivity index (χ4v) is 2.51. The van der Waals surface area contributed by atoms with Gasteiger partial charge in [-0.2, -0.15) is 0 Å². The Labute approximate surface area is 134 Å². The first kappa shape index (κ1) is 14.9. The maximum absolute atomic E-state index is 11.7. The molecular weight excluding hydrogens is 288 g/mol. The van der Waals surface area contributed by atoms with E-state index in [0.717, 1.165) is 11.3 Å². The van der Waals surface area contributed by atoms with E-state index in [4.69, 9.17) is 4.74 Å². The average molecular weight is 304 g/mol. The highest BCUT2D eigenvalue weighted by Crippen LogP contribution is 2.29. The molecule has 0 amide bonds. The first-order valence-electron chi connectivity index (χ1n) is 7.34. The van der Waals surface area contributed by atoms with E-state index in [1.807, 2.05) is 78.9 Å². The molecule has 3 aromatic rings. The SMILES string of the molecule is O=C(O)C(c1ccccc1)c1cccc(Oc2ccccc2)c1. The first-order valence-corrected chi connectivity index (χ1v) is 7.34. The van der Waals surface area contributed by atoms with Gasteiger partial charge in [0.25, 0.3) is 0 Å². The Morgan fingerprint density at radius 3 is 1.96 bits per heavy atom. The van der Waals surface area contributed by atoms with Gasteiger partial charge in [-0.15, -0.1) is 0 Å². The number of para-hydroxylation sites is 1. The minimum absolute atomic E-state index is 0.621.